The van der Waals surface area contributed by atoms with Crippen LogP contribution in [0.3, 0.4) is 0 Å². The number of fused-ring (bicyclic) bond motifs is 1. The maximum absolute atomic E-state index is 12.9. The zero-order valence-electron chi connectivity index (χ0n) is 19.0. The monoisotopic (exact) mass is 445 g/mol. The number of benzene rings is 2. The van der Waals surface area contributed by atoms with Gasteiger partial charge >= 0.3 is 0 Å². The normalized spacial score (nSPS) is 17.5. The molecule has 6 nitrogen and oxygen atoms in total. The fourth-order valence-electron chi connectivity index (χ4n) is 5.00. The quantitative estimate of drug-likeness (QED) is 0.652. The lowest BCUT2D eigenvalue weighted by Crippen LogP contribution is -2.40. The molecule has 172 valence electrons. The van der Waals surface area contributed by atoms with E-state index in [1.807, 2.05) is 46.3 Å². The first-order valence-electron chi connectivity index (χ1n) is 12.0. The highest BCUT2D eigenvalue weighted by molar-refractivity contribution is 5.94. The van der Waals surface area contributed by atoms with Crippen molar-refractivity contribution >= 4 is 22.7 Å². The lowest BCUT2D eigenvalue weighted by Gasteiger charge is -2.32. The molecule has 0 radical (unpaired) electrons. The number of carbonyl (C=O) groups excluding carboxylic acids is 2. The van der Waals surface area contributed by atoms with E-state index in [9.17, 15) is 9.59 Å². The fourth-order valence-corrected chi connectivity index (χ4v) is 5.00. The molecule has 0 atom stereocenters. The number of aromatic nitrogens is 1. The molecule has 0 unspecified atom stereocenters. The van der Waals surface area contributed by atoms with E-state index in [0.717, 1.165) is 54.4 Å². The third kappa shape index (κ3) is 4.96. The number of amides is 2. The van der Waals surface area contributed by atoms with Gasteiger partial charge in [0.1, 0.15) is 0 Å². The van der Waals surface area contributed by atoms with Crippen molar-refractivity contribution < 1.29 is 14.3 Å². The van der Waals surface area contributed by atoms with E-state index < -0.39 is 0 Å². The Morgan fingerprint density at radius 3 is 2.39 bits per heavy atom. The summed E-state index contributed by atoms with van der Waals surface area (Å²) in [5.41, 5.74) is 4.16. The summed E-state index contributed by atoms with van der Waals surface area (Å²) in [7, 11) is 0. The summed E-state index contributed by atoms with van der Waals surface area (Å²) in [6.45, 7) is 4.20. The Morgan fingerprint density at radius 1 is 0.909 bits per heavy atom. The SMILES string of the molecule is O=C(Cc1c[nH]c2ccccc12)N1CCC(Cc2ccc(C(=O)N3CCOCC3)cc2)CC1. The first-order valence-corrected chi connectivity index (χ1v) is 12.0. The number of hydrogen-bond acceptors (Lipinski definition) is 3. The van der Waals surface area contributed by atoms with Crippen LogP contribution in [0.1, 0.15) is 34.3 Å². The molecular weight excluding hydrogens is 414 g/mol. The van der Waals surface area contributed by atoms with Crippen molar-refractivity contribution in [3.05, 3.63) is 71.4 Å². The van der Waals surface area contributed by atoms with Crippen molar-refractivity contribution in [3.8, 4) is 0 Å². The predicted octanol–water partition coefficient (Wildman–Crippen LogP) is 3.66. The number of ether oxygens (including phenoxy) is 1. The average Bonchev–Trinajstić information content (AvgIpc) is 3.28. The van der Waals surface area contributed by atoms with E-state index in [2.05, 4.69) is 23.2 Å². The van der Waals surface area contributed by atoms with E-state index in [0.29, 0.717) is 38.6 Å². The molecular formula is C27H31N3O3. The molecule has 0 saturated carbocycles. The highest BCUT2D eigenvalue weighted by Gasteiger charge is 2.24. The highest BCUT2D eigenvalue weighted by Crippen LogP contribution is 2.24. The first kappa shape index (κ1) is 21.7. The van der Waals surface area contributed by atoms with Gasteiger partial charge < -0.3 is 19.5 Å². The number of carbonyl (C=O) groups is 2. The second-order valence-electron chi connectivity index (χ2n) is 9.17. The minimum absolute atomic E-state index is 0.0897. The molecule has 2 aromatic carbocycles. The minimum atomic E-state index is 0.0897. The maximum Gasteiger partial charge on any atom is 0.254 e. The van der Waals surface area contributed by atoms with Gasteiger partial charge in [0.2, 0.25) is 5.91 Å². The Bertz CT molecular complexity index is 1110. The van der Waals surface area contributed by atoms with Crippen molar-refractivity contribution in [3.63, 3.8) is 0 Å². The second kappa shape index (κ2) is 9.79. The summed E-state index contributed by atoms with van der Waals surface area (Å²) < 4.78 is 5.33. The Kier molecular flexibility index (Phi) is 6.44. The van der Waals surface area contributed by atoms with Crippen LogP contribution in [0, 0.1) is 5.92 Å². The molecule has 0 aliphatic carbocycles. The molecule has 3 aromatic rings. The number of piperidine rings is 1. The van der Waals surface area contributed by atoms with Crippen LogP contribution in [0.4, 0.5) is 0 Å². The van der Waals surface area contributed by atoms with Crippen LogP contribution < -0.4 is 0 Å². The van der Waals surface area contributed by atoms with E-state index >= 15 is 0 Å². The topological polar surface area (TPSA) is 65.6 Å². The number of H-pyrrole nitrogens is 1. The molecule has 2 aliphatic rings. The second-order valence-corrected chi connectivity index (χ2v) is 9.17. The van der Waals surface area contributed by atoms with Crippen molar-refractivity contribution in [1.82, 2.24) is 14.8 Å². The summed E-state index contributed by atoms with van der Waals surface area (Å²) in [4.78, 5) is 32.6. The summed E-state index contributed by atoms with van der Waals surface area (Å²) in [6, 6.07) is 16.2. The average molecular weight is 446 g/mol. The number of nitrogens with one attached hydrogen (secondary N) is 1. The van der Waals surface area contributed by atoms with Gasteiger partial charge in [-0.15, -0.1) is 0 Å². The largest absolute Gasteiger partial charge is 0.378 e. The number of rotatable bonds is 5. The highest BCUT2D eigenvalue weighted by atomic mass is 16.5. The Balaban J connectivity index is 1.11. The minimum Gasteiger partial charge on any atom is -0.378 e. The van der Waals surface area contributed by atoms with Gasteiger partial charge in [-0.25, -0.2) is 0 Å². The van der Waals surface area contributed by atoms with Gasteiger partial charge in [-0.05, 0) is 54.5 Å². The van der Waals surface area contributed by atoms with Crippen LogP contribution in [0.15, 0.2) is 54.7 Å². The molecule has 5 rings (SSSR count). The molecule has 0 bridgehead atoms. The molecule has 1 N–H and O–H groups in total. The Labute approximate surface area is 194 Å². The van der Waals surface area contributed by atoms with Gasteiger partial charge in [-0.3, -0.25) is 9.59 Å². The van der Waals surface area contributed by atoms with Crippen LogP contribution in [0.25, 0.3) is 10.9 Å². The standard InChI is InChI=1S/C27H31N3O3/c31-26(18-23-19-28-25-4-2-1-3-24(23)25)29-11-9-21(10-12-29)17-20-5-7-22(8-6-20)27(32)30-13-15-33-16-14-30/h1-8,19,21,28H,9-18H2. The van der Waals surface area contributed by atoms with Crippen molar-refractivity contribution in [2.45, 2.75) is 25.7 Å². The summed E-state index contributed by atoms with van der Waals surface area (Å²) in [5, 5.41) is 1.14. The van der Waals surface area contributed by atoms with E-state index in [1.54, 1.807) is 0 Å². The lowest BCUT2D eigenvalue weighted by molar-refractivity contribution is -0.131. The molecule has 2 saturated heterocycles. The number of nitrogens with zero attached hydrogens (tertiary/aromatic N) is 2. The van der Waals surface area contributed by atoms with Crippen LogP contribution in [-0.2, 0) is 22.4 Å². The molecule has 2 aliphatic heterocycles. The number of para-hydroxylation sites is 1. The molecule has 2 fully saturated rings. The molecule has 6 heteroatoms. The summed E-state index contributed by atoms with van der Waals surface area (Å²) >= 11 is 0. The Hall–Kier alpha value is -3.12. The van der Waals surface area contributed by atoms with Crippen molar-refractivity contribution in [2.75, 3.05) is 39.4 Å². The van der Waals surface area contributed by atoms with Gasteiger partial charge in [0.25, 0.3) is 5.91 Å². The number of hydrogen-bond donors (Lipinski definition) is 1. The van der Waals surface area contributed by atoms with Gasteiger partial charge in [-0.2, -0.15) is 0 Å². The van der Waals surface area contributed by atoms with Gasteiger partial charge in [0, 0.05) is 48.8 Å². The zero-order chi connectivity index (χ0) is 22.6. The third-order valence-electron chi connectivity index (χ3n) is 7.01. The third-order valence-corrected chi connectivity index (χ3v) is 7.01. The number of likely N-dealkylation sites (tertiary alicyclic amines) is 1. The lowest BCUT2D eigenvalue weighted by atomic mass is 9.89. The molecule has 2 amide bonds. The van der Waals surface area contributed by atoms with Gasteiger partial charge in [0.15, 0.2) is 0 Å². The molecule has 3 heterocycles. The zero-order valence-corrected chi connectivity index (χ0v) is 19.0. The molecule has 1 aromatic heterocycles. The van der Waals surface area contributed by atoms with Crippen LogP contribution in [0.5, 0.6) is 0 Å². The van der Waals surface area contributed by atoms with Gasteiger partial charge in [-0.1, -0.05) is 30.3 Å². The van der Waals surface area contributed by atoms with E-state index in [-0.39, 0.29) is 11.8 Å². The molecule has 33 heavy (non-hydrogen) atoms. The summed E-state index contributed by atoms with van der Waals surface area (Å²) in [5.74, 6) is 0.874. The van der Waals surface area contributed by atoms with Gasteiger partial charge in [0.05, 0.1) is 19.6 Å². The van der Waals surface area contributed by atoms with Crippen LogP contribution in [0.2, 0.25) is 0 Å². The number of aromatic amines is 1. The number of morpholine rings is 1. The maximum atomic E-state index is 12.9. The Morgan fingerprint density at radius 2 is 1.64 bits per heavy atom. The van der Waals surface area contributed by atoms with Crippen molar-refractivity contribution in [1.29, 1.82) is 0 Å². The van der Waals surface area contributed by atoms with Crippen molar-refractivity contribution in [2.24, 2.45) is 5.92 Å². The predicted molar refractivity (Wildman–Crippen MR) is 128 cm³/mol. The van der Waals surface area contributed by atoms with E-state index in [4.69, 9.17) is 4.74 Å². The first-order chi connectivity index (χ1) is 16.2. The summed E-state index contributed by atoms with van der Waals surface area (Å²) in [6.07, 6.45) is 5.45. The fraction of sp³-hybridized carbons (Fsp3) is 0.407. The van der Waals surface area contributed by atoms with Crippen LogP contribution in [-0.4, -0.2) is 66.0 Å². The molecule has 0 spiro atoms. The van der Waals surface area contributed by atoms with Crippen LogP contribution >= 0.6 is 0 Å². The smallest absolute Gasteiger partial charge is 0.254 e. The van der Waals surface area contributed by atoms with E-state index in [1.165, 1.54) is 5.56 Å².